The minimum Gasteiger partial charge on any atom is -0.258 e. The Morgan fingerprint density at radius 1 is 1.23 bits per heavy atom. The van der Waals surface area contributed by atoms with Crippen molar-refractivity contribution in [2.24, 2.45) is 0 Å². The molecule has 1 aliphatic carbocycles. The Kier molecular flexibility index (Phi) is 4.81. The van der Waals surface area contributed by atoms with E-state index in [0.717, 1.165) is 24.5 Å². The highest BCUT2D eigenvalue weighted by atomic mass is 32.2. The molecular weight excluding hydrogens is 359 g/mol. The quantitative estimate of drug-likeness (QED) is 0.567. The van der Waals surface area contributed by atoms with E-state index in [1.165, 1.54) is 18.2 Å². The first-order valence-corrected chi connectivity index (χ1v) is 9.67. The lowest BCUT2D eigenvalue weighted by Crippen LogP contribution is -2.33. The number of sulfonamides is 1. The number of hydrogen-bond donors (Lipinski definition) is 0. The van der Waals surface area contributed by atoms with Crippen LogP contribution in [0, 0.1) is 29.8 Å². The average Bonchev–Trinajstić information content (AvgIpc) is 3.36. The second-order valence-corrected chi connectivity index (χ2v) is 8.33. The van der Waals surface area contributed by atoms with Gasteiger partial charge in [-0.25, -0.2) is 8.42 Å². The first-order valence-electron chi connectivity index (χ1n) is 8.23. The molecule has 0 saturated heterocycles. The minimum atomic E-state index is -4.01. The Labute approximate surface area is 151 Å². The third kappa shape index (κ3) is 3.34. The Morgan fingerprint density at radius 2 is 1.85 bits per heavy atom. The van der Waals surface area contributed by atoms with Gasteiger partial charge in [0.05, 0.1) is 15.4 Å². The molecule has 0 radical (unpaired) electrons. The smallest absolute Gasteiger partial charge is 0.258 e. The predicted molar refractivity (Wildman–Crippen MR) is 94.7 cm³/mol. The summed E-state index contributed by atoms with van der Waals surface area (Å²) in [5.74, 6) is -1.02. The molecule has 1 fully saturated rings. The number of halogens is 1. The lowest BCUT2D eigenvalue weighted by molar-refractivity contribution is -0.388. The van der Waals surface area contributed by atoms with Crippen molar-refractivity contribution in [3.8, 4) is 0 Å². The van der Waals surface area contributed by atoms with E-state index in [1.54, 1.807) is 0 Å². The Morgan fingerprint density at radius 3 is 2.38 bits per heavy atom. The molecule has 138 valence electrons. The van der Waals surface area contributed by atoms with Crippen molar-refractivity contribution in [2.45, 2.75) is 44.2 Å². The molecule has 1 saturated carbocycles. The number of hydrogen-bond acceptors (Lipinski definition) is 4. The van der Waals surface area contributed by atoms with Crippen molar-refractivity contribution >= 4 is 15.7 Å². The number of nitro groups is 1. The molecule has 0 aromatic heterocycles. The number of aryl methyl sites for hydroxylation is 1. The van der Waals surface area contributed by atoms with Gasteiger partial charge < -0.3 is 0 Å². The summed E-state index contributed by atoms with van der Waals surface area (Å²) in [6, 6.07) is 9.94. The summed E-state index contributed by atoms with van der Waals surface area (Å²) in [7, 11) is -4.01. The molecule has 0 bridgehead atoms. The van der Waals surface area contributed by atoms with Gasteiger partial charge in [0.2, 0.25) is 15.8 Å². The molecule has 3 rings (SSSR count). The molecule has 0 unspecified atom stereocenters. The first kappa shape index (κ1) is 18.5. The molecule has 0 amide bonds. The maximum Gasteiger partial charge on any atom is 0.309 e. The van der Waals surface area contributed by atoms with Gasteiger partial charge >= 0.3 is 5.69 Å². The van der Waals surface area contributed by atoms with Gasteiger partial charge in [0, 0.05) is 12.6 Å². The zero-order valence-electron chi connectivity index (χ0n) is 14.5. The van der Waals surface area contributed by atoms with E-state index in [4.69, 9.17) is 0 Å². The van der Waals surface area contributed by atoms with Crippen LogP contribution in [-0.4, -0.2) is 23.7 Å². The van der Waals surface area contributed by atoms with Crippen LogP contribution in [0.1, 0.15) is 29.5 Å². The van der Waals surface area contributed by atoms with Gasteiger partial charge in [-0.2, -0.15) is 8.70 Å². The summed E-state index contributed by atoms with van der Waals surface area (Å²) in [6.45, 7) is 2.92. The van der Waals surface area contributed by atoms with Crippen LogP contribution in [-0.2, 0) is 16.6 Å². The fourth-order valence-electron chi connectivity index (χ4n) is 3.18. The molecule has 0 atom stereocenters. The maximum atomic E-state index is 14.0. The highest BCUT2D eigenvalue weighted by Gasteiger charge is 2.41. The van der Waals surface area contributed by atoms with E-state index >= 15 is 0 Å². The van der Waals surface area contributed by atoms with E-state index in [-0.39, 0.29) is 28.6 Å². The Balaban J connectivity index is 2.11. The monoisotopic (exact) mass is 378 g/mol. The third-order valence-corrected chi connectivity index (χ3v) is 6.70. The van der Waals surface area contributed by atoms with Crippen LogP contribution in [0.2, 0.25) is 0 Å². The minimum absolute atomic E-state index is 0.136. The first-order chi connectivity index (χ1) is 12.2. The molecule has 2 aromatic carbocycles. The lowest BCUT2D eigenvalue weighted by Gasteiger charge is -2.24. The standard InChI is InChI=1S/C18H19FN2O4S/c1-12-10-16(19)17(21(22)23)13(2)18(12)26(24,25)20(15-8-9-15)11-14-6-4-3-5-7-14/h3-7,10,15H,8-9,11H2,1-2H3. The summed E-state index contributed by atoms with van der Waals surface area (Å²) in [5.41, 5.74) is 0.0510. The van der Waals surface area contributed by atoms with Crippen molar-refractivity contribution in [1.82, 2.24) is 4.31 Å². The molecule has 8 heteroatoms. The van der Waals surface area contributed by atoms with Crippen molar-refractivity contribution in [1.29, 1.82) is 0 Å². The molecule has 2 aromatic rings. The second kappa shape index (κ2) is 6.77. The highest BCUT2D eigenvalue weighted by Crippen LogP contribution is 2.38. The molecule has 0 heterocycles. The molecule has 0 N–H and O–H groups in total. The van der Waals surface area contributed by atoms with Crippen LogP contribution in [0.25, 0.3) is 0 Å². The van der Waals surface area contributed by atoms with Crippen molar-refractivity contribution < 1.29 is 17.7 Å². The Bertz CT molecular complexity index is 957. The molecule has 26 heavy (non-hydrogen) atoms. The Hall–Kier alpha value is -2.32. The largest absolute Gasteiger partial charge is 0.309 e. The van der Waals surface area contributed by atoms with Gasteiger partial charge in [-0.3, -0.25) is 10.1 Å². The molecule has 1 aliphatic rings. The average molecular weight is 378 g/mol. The fourth-order valence-corrected chi connectivity index (χ4v) is 5.29. The van der Waals surface area contributed by atoms with Gasteiger partial charge in [0.1, 0.15) is 0 Å². The van der Waals surface area contributed by atoms with Crippen molar-refractivity contribution in [3.63, 3.8) is 0 Å². The lowest BCUT2D eigenvalue weighted by atomic mass is 10.1. The summed E-state index contributed by atoms with van der Waals surface area (Å²) in [6.07, 6.45) is 1.49. The van der Waals surface area contributed by atoms with Gasteiger partial charge in [0.25, 0.3) is 0 Å². The van der Waals surface area contributed by atoms with Crippen LogP contribution in [0.5, 0.6) is 0 Å². The highest BCUT2D eigenvalue weighted by molar-refractivity contribution is 7.89. The van der Waals surface area contributed by atoms with E-state index < -0.39 is 26.5 Å². The van der Waals surface area contributed by atoms with Gasteiger partial charge in [0.15, 0.2) is 0 Å². The molecule has 0 spiro atoms. The summed E-state index contributed by atoms with van der Waals surface area (Å²) < 4.78 is 42.0. The number of rotatable bonds is 6. The zero-order valence-corrected chi connectivity index (χ0v) is 15.3. The normalized spacial score (nSPS) is 14.6. The van der Waals surface area contributed by atoms with Crippen LogP contribution in [0.15, 0.2) is 41.3 Å². The molecule has 0 aliphatic heterocycles. The summed E-state index contributed by atoms with van der Waals surface area (Å²) in [5, 5.41) is 11.2. The summed E-state index contributed by atoms with van der Waals surface area (Å²) >= 11 is 0. The summed E-state index contributed by atoms with van der Waals surface area (Å²) in [4.78, 5) is 10.2. The zero-order chi connectivity index (χ0) is 19.1. The van der Waals surface area contributed by atoms with Crippen molar-refractivity contribution in [3.05, 3.63) is 69.0 Å². The number of nitrogens with zero attached hydrogens (tertiary/aromatic N) is 2. The van der Waals surface area contributed by atoms with Gasteiger partial charge in [-0.05, 0) is 43.9 Å². The molecular formula is C18H19FN2O4S. The maximum absolute atomic E-state index is 14.0. The van der Waals surface area contributed by atoms with Crippen LogP contribution < -0.4 is 0 Å². The van der Waals surface area contributed by atoms with Gasteiger partial charge in [-0.1, -0.05) is 30.3 Å². The topological polar surface area (TPSA) is 80.5 Å². The fraction of sp³-hybridized carbons (Fsp3) is 0.333. The molecule has 6 nitrogen and oxygen atoms in total. The van der Waals surface area contributed by atoms with Gasteiger partial charge in [-0.15, -0.1) is 0 Å². The van der Waals surface area contributed by atoms with E-state index in [9.17, 15) is 22.9 Å². The van der Waals surface area contributed by atoms with Crippen molar-refractivity contribution in [2.75, 3.05) is 0 Å². The van der Waals surface area contributed by atoms with E-state index in [0.29, 0.717) is 0 Å². The van der Waals surface area contributed by atoms with E-state index in [1.807, 2.05) is 30.3 Å². The SMILES string of the molecule is Cc1cc(F)c([N+](=O)[O-])c(C)c1S(=O)(=O)N(Cc1ccccc1)C1CC1. The number of nitro benzene ring substituents is 1. The number of benzene rings is 2. The van der Waals surface area contributed by atoms with Crippen LogP contribution in [0.3, 0.4) is 0 Å². The second-order valence-electron chi connectivity index (χ2n) is 6.50. The predicted octanol–water partition coefficient (Wildman–Crippen LogP) is 3.70. The third-order valence-electron chi connectivity index (χ3n) is 4.51. The van der Waals surface area contributed by atoms with E-state index in [2.05, 4.69) is 0 Å². The van der Waals surface area contributed by atoms with Crippen LogP contribution in [0.4, 0.5) is 10.1 Å². The van der Waals surface area contributed by atoms with Crippen LogP contribution >= 0.6 is 0 Å².